The van der Waals surface area contributed by atoms with E-state index in [9.17, 15) is 4.79 Å². The number of nitriles is 1. The molecule has 1 amide bonds. The third-order valence-corrected chi connectivity index (χ3v) is 3.90. The lowest BCUT2D eigenvalue weighted by Crippen LogP contribution is -2.41. The first kappa shape index (κ1) is 15.5. The van der Waals surface area contributed by atoms with Gasteiger partial charge in [-0.05, 0) is 25.0 Å². The molecular formula is C16H21N3O2. The van der Waals surface area contributed by atoms with Gasteiger partial charge in [0, 0.05) is 12.6 Å². The summed E-state index contributed by atoms with van der Waals surface area (Å²) in [6.07, 6.45) is 4.54. The van der Waals surface area contributed by atoms with Gasteiger partial charge in [0.1, 0.15) is 6.07 Å². The van der Waals surface area contributed by atoms with Crippen LogP contribution in [0.15, 0.2) is 24.3 Å². The molecule has 1 aliphatic rings. The number of para-hydroxylation sites is 1. The van der Waals surface area contributed by atoms with E-state index in [-0.39, 0.29) is 19.1 Å². The quantitative estimate of drug-likeness (QED) is 0.835. The van der Waals surface area contributed by atoms with Gasteiger partial charge in [-0.25, -0.2) is 0 Å². The molecule has 0 atom stereocenters. The minimum absolute atomic E-state index is 0.0541. The number of aliphatic hydroxyl groups is 1. The Kier molecular flexibility index (Phi) is 5.73. The molecule has 0 bridgehead atoms. The molecule has 1 aromatic rings. The van der Waals surface area contributed by atoms with Gasteiger partial charge < -0.3 is 10.4 Å². The Balaban J connectivity index is 1.97. The van der Waals surface area contributed by atoms with E-state index < -0.39 is 0 Å². The minimum Gasteiger partial charge on any atom is -0.395 e. The highest BCUT2D eigenvalue weighted by Crippen LogP contribution is 2.23. The average Bonchev–Trinajstić information content (AvgIpc) is 3.01. The van der Waals surface area contributed by atoms with Gasteiger partial charge in [0.15, 0.2) is 0 Å². The van der Waals surface area contributed by atoms with E-state index in [0.29, 0.717) is 23.8 Å². The predicted molar refractivity (Wildman–Crippen MR) is 80.7 cm³/mol. The second kappa shape index (κ2) is 7.77. The molecule has 21 heavy (non-hydrogen) atoms. The molecule has 2 N–H and O–H groups in total. The second-order valence-corrected chi connectivity index (χ2v) is 5.34. The van der Waals surface area contributed by atoms with Gasteiger partial charge in [0.25, 0.3) is 0 Å². The molecule has 0 spiro atoms. The second-order valence-electron chi connectivity index (χ2n) is 5.34. The maximum Gasteiger partial charge on any atom is 0.238 e. The number of aliphatic hydroxyl groups excluding tert-OH is 1. The third kappa shape index (κ3) is 4.28. The molecule has 0 aliphatic heterocycles. The Morgan fingerprint density at radius 2 is 2.10 bits per heavy atom. The first-order chi connectivity index (χ1) is 10.2. The summed E-state index contributed by atoms with van der Waals surface area (Å²) in [5.41, 5.74) is 1.00. The SMILES string of the molecule is N#Cc1ccccc1NC(=O)CN(CCO)C1CCCC1. The van der Waals surface area contributed by atoms with E-state index in [1.165, 1.54) is 12.8 Å². The number of hydrogen-bond donors (Lipinski definition) is 2. The van der Waals surface area contributed by atoms with Gasteiger partial charge in [-0.15, -0.1) is 0 Å². The van der Waals surface area contributed by atoms with Crippen LogP contribution >= 0.6 is 0 Å². The van der Waals surface area contributed by atoms with Gasteiger partial charge in [-0.3, -0.25) is 9.69 Å². The molecule has 1 fully saturated rings. The van der Waals surface area contributed by atoms with Crippen LogP contribution in [0.25, 0.3) is 0 Å². The number of nitrogens with zero attached hydrogens (tertiary/aromatic N) is 2. The highest BCUT2D eigenvalue weighted by molar-refractivity contribution is 5.93. The topological polar surface area (TPSA) is 76.4 Å². The van der Waals surface area contributed by atoms with Crippen molar-refractivity contribution in [3.05, 3.63) is 29.8 Å². The number of rotatable bonds is 6. The van der Waals surface area contributed by atoms with Crippen molar-refractivity contribution in [3.63, 3.8) is 0 Å². The summed E-state index contributed by atoms with van der Waals surface area (Å²) in [7, 11) is 0. The molecule has 1 aromatic carbocycles. The average molecular weight is 287 g/mol. The Labute approximate surface area is 125 Å². The Morgan fingerprint density at radius 1 is 1.38 bits per heavy atom. The highest BCUT2D eigenvalue weighted by atomic mass is 16.3. The van der Waals surface area contributed by atoms with E-state index >= 15 is 0 Å². The molecule has 0 heterocycles. The summed E-state index contributed by atoms with van der Waals surface area (Å²) in [5.74, 6) is -0.141. The molecule has 0 unspecified atom stereocenters. The van der Waals surface area contributed by atoms with Crippen molar-refractivity contribution in [2.24, 2.45) is 0 Å². The summed E-state index contributed by atoms with van der Waals surface area (Å²) < 4.78 is 0. The minimum atomic E-state index is -0.141. The zero-order valence-electron chi connectivity index (χ0n) is 12.1. The molecule has 5 heteroatoms. The summed E-state index contributed by atoms with van der Waals surface area (Å²) in [5, 5.41) is 21.0. The predicted octanol–water partition coefficient (Wildman–Crippen LogP) is 1.73. The normalized spacial score (nSPS) is 15.1. The molecule has 0 radical (unpaired) electrons. The number of anilines is 1. The number of carbonyl (C=O) groups is 1. The van der Waals surface area contributed by atoms with Crippen molar-refractivity contribution in [1.29, 1.82) is 5.26 Å². The molecule has 1 saturated carbocycles. The van der Waals surface area contributed by atoms with Crippen molar-refractivity contribution in [3.8, 4) is 6.07 Å². The van der Waals surface area contributed by atoms with E-state index in [0.717, 1.165) is 12.8 Å². The summed E-state index contributed by atoms with van der Waals surface area (Å²) in [6.45, 7) is 0.821. The molecule has 5 nitrogen and oxygen atoms in total. The van der Waals surface area contributed by atoms with Gasteiger partial charge in [0.2, 0.25) is 5.91 Å². The Hall–Kier alpha value is -1.90. The van der Waals surface area contributed by atoms with E-state index in [1.54, 1.807) is 24.3 Å². The zero-order valence-corrected chi connectivity index (χ0v) is 12.1. The Morgan fingerprint density at radius 3 is 2.76 bits per heavy atom. The van der Waals surface area contributed by atoms with Gasteiger partial charge in [-0.2, -0.15) is 5.26 Å². The summed E-state index contributed by atoms with van der Waals surface area (Å²) in [4.78, 5) is 14.2. The smallest absolute Gasteiger partial charge is 0.238 e. The molecule has 1 aliphatic carbocycles. The van der Waals surface area contributed by atoms with Gasteiger partial charge >= 0.3 is 0 Å². The first-order valence-corrected chi connectivity index (χ1v) is 7.38. The molecule has 0 aromatic heterocycles. The van der Waals surface area contributed by atoms with Crippen LogP contribution in [0.4, 0.5) is 5.69 Å². The van der Waals surface area contributed by atoms with Gasteiger partial charge in [-0.1, -0.05) is 25.0 Å². The summed E-state index contributed by atoms with van der Waals surface area (Å²) >= 11 is 0. The molecule has 112 valence electrons. The van der Waals surface area contributed by atoms with Crippen molar-refractivity contribution in [1.82, 2.24) is 4.90 Å². The Bertz CT molecular complexity index is 518. The monoisotopic (exact) mass is 287 g/mol. The van der Waals surface area contributed by atoms with Crippen LogP contribution in [-0.4, -0.2) is 41.7 Å². The van der Waals surface area contributed by atoms with E-state index in [1.807, 2.05) is 4.90 Å². The molecule has 0 saturated heterocycles. The van der Waals surface area contributed by atoms with E-state index in [4.69, 9.17) is 10.4 Å². The van der Waals surface area contributed by atoms with Crippen molar-refractivity contribution < 1.29 is 9.90 Å². The fourth-order valence-corrected chi connectivity index (χ4v) is 2.85. The van der Waals surface area contributed by atoms with Crippen LogP contribution in [0.2, 0.25) is 0 Å². The standard InChI is InChI=1S/C16H21N3O2/c17-11-13-5-1-4-8-15(13)18-16(21)12-19(9-10-20)14-6-2-3-7-14/h1,4-5,8,14,20H,2-3,6-7,9-10,12H2,(H,18,21). The van der Waals surface area contributed by atoms with Crippen LogP contribution in [0, 0.1) is 11.3 Å². The van der Waals surface area contributed by atoms with Crippen molar-refractivity contribution in [2.45, 2.75) is 31.7 Å². The molecule has 2 rings (SSSR count). The number of hydrogen-bond acceptors (Lipinski definition) is 4. The van der Waals surface area contributed by atoms with Crippen LogP contribution < -0.4 is 5.32 Å². The lowest BCUT2D eigenvalue weighted by molar-refractivity contribution is -0.118. The van der Waals surface area contributed by atoms with E-state index in [2.05, 4.69) is 11.4 Å². The molecular weight excluding hydrogens is 266 g/mol. The lowest BCUT2D eigenvalue weighted by atomic mass is 10.2. The summed E-state index contributed by atoms with van der Waals surface area (Å²) in [6, 6.07) is 9.41. The lowest BCUT2D eigenvalue weighted by Gasteiger charge is -2.27. The fraction of sp³-hybridized carbons (Fsp3) is 0.500. The number of nitrogens with one attached hydrogen (secondary N) is 1. The zero-order chi connectivity index (χ0) is 15.1. The maximum atomic E-state index is 12.2. The highest BCUT2D eigenvalue weighted by Gasteiger charge is 2.24. The van der Waals surface area contributed by atoms with Gasteiger partial charge in [0.05, 0.1) is 24.4 Å². The first-order valence-electron chi connectivity index (χ1n) is 7.38. The maximum absolute atomic E-state index is 12.2. The van der Waals surface area contributed by atoms with Crippen LogP contribution in [0.5, 0.6) is 0 Å². The van der Waals surface area contributed by atoms with Crippen LogP contribution in [-0.2, 0) is 4.79 Å². The number of benzene rings is 1. The fourth-order valence-electron chi connectivity index (χ4n) is 2.85. The van der Waals surface area contributed by atoms with Crippen LogP contribution in [0.3, 0.4) is 0 Å². The van der Waals surface area contributed by atoms with Crippen molar-refractivity contribution in [2.75, 3.05) is 25.0 Å². The van der Waals surface area contributed by atoms with Crippen LogP contribution in [0.1, 0.15) is 31.2 Å². The number of amides is 1. The van der Waals surface area contributed by atoms with Crippen molar-refractivity contribution >= 4 is 11.6 Å². The largest absolute Gasteiger partial charge is 0.395 e. The third-order valence-electron chi connectivity index (χ3n) is 3.90. The number of carbonyl (C=O) groups excluding carboxylic acids is 1.